The van der Waals surface area contributed by atoms with Crippen molar-refractivity contribution >= 4 is 23.5 Å². The average molecular weight is 544 g/mol. The highest BCUT2D eigenvalue weighted by molar-refractivity contribution is 5.98. The maximum absolute atomic E-state index is 13.2. The summed E-state index contributed by atoms with van der Waals surface area (Å²) in [6.07, 6.45) is -0.216. The zero-order valence-corrected chi connectivity index (χ0v) is 22.3. The van der Waals surface area contributed by atoms with E-state index in [9.17, 15) is 9.59 Å². The Balaban J connectivity index is 1.54. The van der Waals surface area contributed by atoms with Gasteiger partial charge in [-0.15, -0.1) is 0 Å². The first-order chi connectivity index (χ1) is 19.3. The molecule has 7 rings (SSSR count). The lowest BCUT2D eigenvalue weighted by Gasteiger charge is -2.28. The molecule has 2 aromatic carbocycles. The van der Waals surface area contributed by atoms with Gasteiger partial charge in [0.2, 0.25) is 17.7 Å². The molecule has 0 aliphatic carbocycles. The van der Waals surface area contributed by atoms with Gasteiger partial charge in [0.05, 0.1) is 13.2 Å². The standard InChI is InChI=1S/C29H29N5O6/c1-13(2)21-26-34-22(25-31-19(12-38-25)27(36)37-3)23(40-26)29-15-6-4-5-7-18(15)32-28(29)39-20-9-8-14(10-16(20)29)11-17(30)24(35)33-21/h4-10,13,17,19,21,28,32H,11-12,30H2,1-3H3,(H,33,35)/t17-,19-,21-,28-,29?/m0/s1. The van der Waals surface area contributed by atoms with Crippen LogP contribution in [0.15, 0.2) is 51.9 Å². The first kappa shape index (κ1) is 24.6. The number of hydrogen-bond acceptors (Lipinski definition) is 10. The summed E-state index contributed by atoms with van der Waals surface area (Å²) in [7, 11) is 1.31. The fourth-order valence-electron chi connectivity index (χ4n) is 6.12. The molecule has 5 heterocycles. The number of aliphatic imine (C=N–C) groups is 1. The summed E-state index contributed by atoms with van der Waals surface area (Å²) in [6, 6.07) is 11.6. The molecule has 3 aromatic rings. The highest BCUT2D eigenvalue weighted by atomic mass is 16.5. The molecule has 4 aliphatic heterocycles. The molecule has 1 amide bonds. The summed E-state index contributed by atoms with van der Waals surface area (Å²) in [5.74, 6) is 0.697. The number of carbonyl (C=O) groups is 2. The van der Waals surface area contributed by atoms with Crippen LogP contribution in [0.2, 0.25) is 0 Å². The van der Waals surface area contributed by atoms with E-state index in [4.69, 9.17) is 29.3 Å². The lowest BCUT2D eigenvalue weighted by molar-refractivity contribution is -0.142. The quantitative estimate of drug-likeness (QED) is 0.422. The van der Waals surface area contributed by atoms with Gasteiger partial charge in [-0.05, 0) is 35.6 Å². The van der Waals surface area contributed by atoms with Crippen LogP contribution in [-0.2, 0) is 30.9 Å². The molecule has 4 bridgehead atoms. The smallest absolute Gasteiger partial charge is 0.334 e. The van der Waals surface area contributed by atoms with Crippen LogP contribution in [0.3, 0.4) is 0 Å². The third-order valence-corrected chi connectivity index (χ3v) is 8.10. The summed E-state index contributed by atoms with van der Waals surface area (Å²) in [6.45, 7) is 3.95. The van der Waals surface area contributed by atoms with Gasteiger partial charge in [-0.1, -0.05) is 44.2 Å². The number of fused-ring (bicyclic) bond motifs is 4. The molecule has 1 spiro atoms. The number of ether oxygens (including phenoxy) is 3. The Morgan fingerprint density at radius 1 is 1.18 bits per heavy atom. The third-order valence-electron chi connectivity index (χ3n) is 8.10. The number of carbonyl (C=O) groups excluding carboxylic acids is 2. The zero-order chi connectivity index (χ0) is 27.8. The largest absolute Gasteiger partial charge is 0.473 e. The van der Waals surface area contributed by atoms with Gasteiger partial charge in [-0.3, -0.25) is 4.79 Å². The van der Waals surface area contributed by atoms with Crippen molar-refractivity contribution < 1.29 is 28.2 Å². The van der Waals surface area contributed by atoms with Crippen LogP contribution >= 0.6 is 0 Å². The lowest BCUT2D eigenvalue weighted by atomic mass is 9.72. The molecule has 1 unspecified atom stereocenters. The van der Waals surface area contributed by atoms with E-state index in [0.29, 0.717) is 23.6 Å². The van der Waals surface area contributed by atoms with Crippen LogP contribution in [0.25, 0.3) is 0 Å². The number of esters is 1. The maximum Gasteiger partial charge on any atom is 0.334 e. The molecule has 11 nitrogen and oxygen atoms in total. The second-order valence-electron chi connectivity index (χ2n) is 10.9. The van der Waals surface area contributed by atoms with Crippen molar-refractivity contribution in [2.24, 2.45) is 16.6 Å². The topological polar surface area (TPSA) is 150 Å². The number of benzene rings is 2. The molecule has 0 fully saturated rings. The number of nitrogens with two attached hydrogens (primary N) is 1. The number of amides is 1. The second kappa shape index (κ2) is 8.82. The van der Waals surface area contributed by atoms with Crippen LogP contribution in [0.1, 0.15) is 53.9 Å². The number of aromatic nitrogens is 1. The van der Waals surface area contributed by atoms with Gasteiger partial charge < -0.3 is 35.0 Å². The highest BCUT2D eigenvalue weighted by Gasteiger charge is 2.61. The number of nitrogens with one attached hydrogen (secondary N) is 2. The van der Waals surface area contributed by atoms with E-state index in [1.165, 1.54) is 7.11 Å². The molecule has 0 radical (unpaired) electrons. The fraction of sp³-hybridized carbons (Fsp3) is 0.379. The molecule has 0 saturated carbocycles. The van der Waals surface area contributed by atoms with Gasteiger partial charge in [0.25, 0.3) is 0 Å². The van der Waals surface area contributed by atoms with Crippen molar-refractivity contribution in [2.75, 3.05) is 19.0 Å². The number of nitrogens with zero attached hydrogens (tertiary/aromatic N) is 2. The van der Waals surface area contributed by atoms with Gasteiger partial charge in [-0.25, -0.2) is 14.8 Å². The molecule has 4 aliphatic rings. The van der Waals surface area contributed by atoms with Crippen molar-refractivity contribution in [3.05, 3.63) is 76.5 Å². The van der Waals surface area contributed by atoms with Gasteiger partial charge in [0.1, 0.15) is 23.8 Å². The second-order valence-corrected chi connectivity index (χ2v) is 10.9. The molecule has 40 heavy (non-hydrogen) atoms. The summed E-state index contributed by atoms with van der Waals surface area (Å²) < 4.78 is 24.1. The summed E-state index contributed by atoms with van der Waals surface area (Å²) in [4.78, 5) is 34.9. The number of methoxy groups -OCH3 is 1. The van der Waals surface area contributed by atoms with E-state index in [0.717, 1.165) is 22.4 Å². The minimum absolute atomic E-state index is 0.0192. The van der Waals surface area contributed by atoms with Crippen molar-refractivity contribution in [3.63, 3.8) is 0 Å². The Kier molecular flexibility index (Phi) is 5.43. The molecule has 206 valence electrons. The van der Waals surface area contributed by atoms with Gasteiger partial charge in [0, 0.05) is 11.3 Å². The van der Waals surface area contributed by atoms with Crippen molar-refractivity contribution in [1.82, 2.24) is 10.3 Å². The van der Waals surface area contributed by atoms with E-state index >= 15 is 0 Å². The van der Waals surface area contributed by atoms with Gasteiger partial charge in [0.15, 0.2) is 23.7 Å². The fourth-order valence-corrected chi connectivity index (χ4v) is 6.12. The Morgan fingerprint density at radius 2 is 2.00 bits per heavy atom. The molecule has 11 heteroatoms. The summed E-state index contributed by atoms with van der Waals surface area (Å²) in [5.41, 5.74) is 9.34. The molecule has 1 aromatic heterocycles. The summed E-state index contributed by atoms with van der Waals surface area (Å²) >= 11 is 0. The monoisotopic (exact) mass is 543 g/mol. The van der Waals surface area contributed by atoms with Gasteiger partial charge in [-0.2, -0.15) is 0 Å². The first-order valence-electron chi connectivity index (χ1n) is 13.3. The number of oxazole rings is 1. The Bertz CT molecular complexity index is 1580. The molecule has 4 N–H and O–H groups in total. The van der Waals surface area contributed by atoms with Crippen LogP contribution in [0.5, 0.6) is 5.75 Å². The highest BCUT2D eigenvalue weighted by Crippen LogP contribution is 2.58. The first-order valence-corrected chi connectivity index (χ1v) is 13.3. The number of rotatable bonds is 3. The SMILES string of the molecule is COC(=O)[C@@H]1COC(c2nc3oc2C24c5ccccc5N[C@H]2Oc2ccc(cc24)C[C@H](N)C(=O)N[C@H]3C(C)C)=N1. The molecule has 0 saturated heterocycles. The Labute approximate surface area is 230 Å². The van der Waals surface area contributed by atoms with Crippen LogP contribution < -0.4 is 21.1 Å². The molecular formula is C29H29N5O6. The van der Waals surface area contributed by atoms with E-state index in [-0.39, 0.29) is 30.2 Å². The van der Waals surface area contributed by atoms with E-state index in [2.05, 4.69) is 15.6 Å². The summed E-state index contributed by atoms with van der Waals surface area (Å²) in [5, 5.41) is 6.56. The van der Waals surface area contributed by atoms with E-state index in [1.54, 1.807) is 0 Å². The maximum atomic E-state index is 13.2. The van der Waals surface area contributed by atoms with Crippen LogP contribution in [-0.4, -0.2) is 54.8 Å². The van der Waals surface area contributed by atoms with Gasteiger partial charge >= 0.3 is 5.97 Å². The molecule has 5 atom stereocenters. The number of hydrogen-bond donors (Lipinski definition) is 3. The third kappa shape index (κ3) is 3.40. The Morgan fingerprint density at radius 3 is 2.80 bits per heavy atom. The van der Waals surface area contributed by atoms with E-state index in [1.807, 2.05) is 56.3 Å². The van der Waals surface area contributed by atoms with Crippen LogP contribution in [0, 0.1) is 5.92 Å². The number of para-hydroxylation sites is 1. The predicted molar refractivity (Wildman–Crippen MR) is 143 cm³/mol. The molecular weight excluding hydrogens is 514 g/mol. The number of anilines is 1. The zero-order valence-electron chi connectivity index (χ0n) is 22.3. The average Bonchev–Trinajstić information content (AvgIpc) is 3.71. The van der Waals surface area contributed by atoms with Crippen molar-refractivity contribution in [1.29, 1.82) is 0 Å². The minimum atomic E-state index is -0.966. The van der Waals surface area contributed by atoms with Crippen molar-refractivity contribution in [3.8, 4) is 5.75 Å². The predicted octanol–water partition coefficient (Wildman–Crippen LogP) is 2.17. The lowest BCUT2D eigenvalue weighted by Crippen LogP contribution is -2.45. The Hall–Kier alpha value is -4.38. The van der Waals surface area contributed by atoms with Crippen LogP contribution in [0.4, 0.5) is 5.69 Å². The normalized spacial score (nSPS) is 27.7. The van der Waals surface area contributed by atoms with E-state index < -0.39 is 35.7 Å². The van der Waals surface area contributed by atoms with Crippen molar-refractivity contribution in [2.45, 2.75) is 50.0 Å². The minimum Gasteiger partial charge on any atom is -0.473 e.